The molecule has 1 unspecified atom stereocenters. The lowest BCUT2D eigenvalue weighted by Gasteiger charge is -2.31. The van der Waals surface area contributed by atoms with E-state index >= 15 is 0 Å². The van der Waals surface area contributed by atoms with E-state index in [2.05, 4.69) is 21.2 Å². The minimum Gasteiger partial charge on any atom is -0.497 e. The molecule has 0 spiro atoms. The van der Waals surface area contributed by atoms with Crippen LogP contribution in [0, 0.1) is 0 Å². The number of carbonyl (C=O) groups is 3. The number of ketones is 1. The van der Waals surface area contributed by atoms with E-state index in [1.807, 2.05) is 6.92 Å². The highest BCUT2D eigenvalue weighted by Gasteiger charge is 2.37. The Morgan fingerprint density at radius 1 is 0.947 bits per heavy atom. The van der Waals surface area contributed by atoms with E-state index in [1.54, 1.807) is 73.8 Å². The van der Waals surface area contributed by atoms with E-state index in [9.17, 15) is 14.4 Å². The quantitative estimate of drug-likeness (QED) is 0.158. The van der Waals surface area contributed by atoms with Gasteiger partial charge in [0.25, 0.3) is 11.8 Å². The molecule has 0 saturated heterocycles. The fourth-order valence-corrected chi connectivity index (χ4v) is 4.25. The molecule has 0 radical (unpaired) electrons. The molecule has 0 heterocycles. The Morgan fingerprint density at radius 3 is 2.21 bits per heavy atom. The van der Waals surface area contributed by atoms with Crippen LogP contribution in [0.15, 0.2) is 71.2 Å². The largest absolute Gasteiger partial charge is 0.497 e. The first-order valence-electron chi connectivity index (χ1n) is 12.1. The first-order valence-corrected chi connectivity index (χ1v) is 13.3. The lowest BCUT2D eigenvalue weighted by Crippen LogP contribution is -2.53. The van der Waals surface area contributed by atoms with Crippen molar-refractivity contribution in [1.29, 1.82) is 0 Å². The number of methoxy groups -OCH3 is 2. The summed E-state index contributed by atoms with van der Waals surface area (Å²) in [4.78, 5) is 42.6. The van der Waals surface area contributed by atoms with Crippen LogP contribution in [0.25, 0.3) is 0 Å². The smallest absolute Gasteiger partial charge is 0.255 e. The second-order valence-electron chi connectivity index (χ2n) is 8.54. The Kier molecular flexibility index (Phi) is 10.7. The lowest BCUT2D eigenvalue weighted by atomic mass is 9.99. The highest BCUT2D eigenvalue weighted by Crippen LogP contribution is 2.28. The SMILES string of the molecule is CCCCNC(=O)C(C(=O)c1ccc(Cl)cc1)N(Cc1ccc(OC)cc1OC)C(=O)c1ccc(Br)cc1. The summed E-state index contributed by atoms with van der Waals surface area (Å²) in [6, 6.07) is 16.7. The average Bonchev–Trinajstić information content (AvgIpc) is 2.93. The lowest BCUT2D eigenvalue weighted by molar-refractivity contribution is -0.124. The van der Waals surface area contributed by atoms with E-state index in [0.29, 0.717) is 34.2 Å². The van der Waals surface area contributed by atoms with Crippen LogP contribution in [-0.2, 0) is 11.3 Å². The Hall–Kier alpha value is -3.36. The van der Waals surface area contributed by atoms with E-state index in [0.717, 1.165) is 17.3 Å². The van der Waals surface area contributed by atoms with Crippen LogP contribution in [0.2, 0.25) is 5.02 Å². The summed E-state index contributed by atoms with van der Waals surface area (Å²) in [5.41, 5.74) is 1.20. The van der Waals surface area contributed by atoms with Crippen molar-refractivity contribution in [3.05, 3.63) is 92.9 Å². The summed E-state index contributed by atoms with van der Waals surface area (Å²) in [6.07, 6.45) is 1.60. The third kappa shape index (κ3) is 7.36. The van der Waals surface area contributed by atoms with Gasteiger partial charge in [-0.25, -0.2) is 0 Å². The van der Waals surface area contributed by atoms with Gasteiger partial charge in [-0.3, -0.25) is 14.4 Å². The summed E-state index contributed by atoms with van der Waals surface area (Å²) >= 11 is 9.41. The summed E-state index contributed by atoms with van der Waals surface area (Å²) in [5, 5.41) is 3.29. The molecule has 0 aliphatic carbocycles. The van der Waals surface area contributed by atoms with Crippen molar-refractivity contribution in [3.63, 3.8) is 0 Å². The average molecular weight is 602 g/mol. The number of amides is 2. The molecule has 7 nitrogen and oxygen atoms in total. The first-order chi connectivity index (χ1) is 18.3. The highest BCUT2D eigenvalue weighted by molar-refractivity contribution is 9.10. The number of hydrogen-bond donors (Lipinski definition) is 1. The summed E-state index contributed by atoms with van der Waals surface area (Å²) in [7, 11) is 3.05. The maximum atomic E-state index is 13.9. The Bertz CT molecular complexity index is 1260. The van der Waals surface area contributed by atoms with Crippen LogP contribution in [-0.4, -0.2) is 49.3 Å². The maximum absolute atomic E-state index is 13.9. The number of nitrogens with one attached hydrogen (secondary N) is 1. The van der Waals surface area contributed by atoms with Gasteiger partial charge in [-0.2, -0.15) is 0 Å². The predicted octanol–water partition coefficient (Wildman–Crippen LogP) is 5.93. The number of rotatable bonds is 12. The molecule has 0 saturated carbocycles. The molecule has 9 heteroatoms. The highest BCUT2D eigenvalue weighted by atomic mass is 79.9. The molecule has 0 aliphatic heterocycles. The molecule has 3 aromatic carbocycles. The molecule has 0 aliphatic rings. The Labute approximate surface area is 236 Å². The van der Waals surface area contributed by atoms with E-state index in [-0.39, 0.29) is 12.1 Å². The van der Waals surface area contributed by atoms with Crippen molar-refractivity contribution in [3.8, 4) is 11.5 Å². The van der Waals surface area contributed by atoms with E-state index < -0.39 is 23.6 Å². The van der Waals surface area contributed by atoms with Gasteiger partial charge in [-0.15, -0.1) is 0 Å². The van der Waals surface area contributed by atoms with Crippen molar-refractivity contribution >= 4 is 45.1 Å². The maximum Gasteiger partial charge on any atom is 0.255 e. The normalized spacial score (nSPS) is 11.4. The van der Waals surface area contributed by atoms with Crippen LogP contribution in [0.4, 0.5) is 0 Å². The summed E-state index contributed by atoms with van der Waals surface area (Å²) in [6.45, 7) is 2.32. The standard InChI is InChI=1S/C29H30BrClN2O5/c1-4-5-16-32-28(35)26(27(34)19-8-13-23(31)14-9-19)33(29(36)20-6-11-22(30)12-7-20)18-21-10-15-24(37-2)17-25(21)38-3/h6-15,17,26H,4-5,16,18H2,1-3H3,(H,32,35). The Balaban J connectivity index is 2.12. The van der Waals surface area contributed by atoms with E-state index in [1.165, 1.54) is 12.0 Å². The van der Waals surface area contributed by atoms with Gasteiger partial charge in [-0.1, -0.05) is 40.9 Å². The van der Waals surface area contributed by atoms with Crippen molar-refractivity contribution in [1.82, 2.24) is 10.2 Å². The molecule has 200 valence electrons. The molecule has 38 heavy (non-hydrogen) atoms. The molecule has 3 aromatic rings. The zero-order valence-electron chi connectivity index (χ0n) is 21.5. The number of ether oxygens (including phenoxy) is 2. The number of benzene rings is 3. The van der Waals surface area contributed by atoms with Crippen LogP contribution < -0.4 is 14.8 Å². The topological polar surface area (TPSA) is 84.9 Å². The zero-order chi connectivity index (χ0) is 27.7. The van der Waals surface area contributed by atoms with Gasteiger partial charge in [0.05, 0.1) is 20.8 Å². The molecule has 0 fully saturated rings. The monoisotopic (exact) mass is 600 g/mol. The molecular formula is C29H30BrClN2O5. The van der Waals surface area contributed by atoms with Gasteiger partial charge in [0.2, 0.25) is 0 Å². The first kappa shape index (κ1) is 29.2. The number of nitrogens with zero attached hydrogens (tertiary/aromatic N) is 1. The van der Waals surface area contributed by atoms with Crippen LogP contribution in [0.3, 0.4) is 0 Å². The third-order valence-electron chi connectivity index (χ3n) is 5.95. The molecule has 1 atom stereocenters. The molecular weight excluding hydrogens is 572 g/mol. The predicted molar refractivity (Wildman–Crippen MR) is 151 cm³/mol. The minimum atomic E-state index is -1.43. The van der Waals surface area contributed by atoms with Crippen LogP contribution in [0.5, 0.6) is 11.5 Å². The molecule has 0 bridgehead atoms. The second kappa shape index (κ2) is 14.0. The van der Waals surface area contributed by atoms with Crippen molar-refractivity contribution in [2.75, 3.05) is 20.8 Å². The second-order valence-corrected chi connectivity index (χ2v) is 9.89. The molecule has 3 rings (SSSR count). The van der Waals surface area contributed by atoms with Gasteiger partial charge in [0.15, 0.2) is 11.8 Å². The number of halogens is 2. The molecule has 2 amide bonds. The van der Waals surface area contributed by atoms with Gasteiger partial charge in [-0.05, 0) is 67.1 Å². The van der Waals surface area contributed by atoms with Crippen molar-refractivity contribution in [2.45, 2.75) is 32.4 Å². The number of hydrogen-bond acceptors (Lipinski definition) is 5. The number of Topliss-reactive ketones (excluding diaryl/α,β-unsaturated/α-hetero) is 1. The van der Waals surface area contributed by atoms with Gasteiger partial charge in [0, 0.05) is 38.8 Å². The van der Waals surface area contributed by atoms with Crippen molar-refractivity contribution in [2.24, 2.45) is 0 Å². The van der Waals surface area contributed by atoms with Crippen LogP contribution >= 0.6 is 27.5 Å². The minimum absolute atomic E-state index is 0.0622. The fourth-order valence-electron chi connectivity index (χ4n) is 3.86. The third-order valence-corrected chi connectivity index (χ3v) is 6.73. The van der Waals surface area contributed by atoms with Crippen molar-refractivity contribution < 1.29 is 23.9 Å². The van der Waals surface area contributed by atoms with Crippen LogP contribution in [0.1, 0.15) is 46.0 Å². The number of carbonyl (C=O) groups excluding carboxylic acids is 3. The fraction of sp³-hybridized carbons (Fsp3) is 0.276. The summed E-state index contributed by atoms with van der Waals surface area (Å²) in [5.74, 6) is -0.525. The number of unbranched alkanes of at least 4 members (excludes halogenated alkanes) is 1. The van der Waals surface area contributed by atoms with E-state index in [4.69, 9.17) is 21.1 Å². The zero-order valence-corrected chi connectivity index (χ0v) is 23.8. The van der Waals surface area contributed by atoms with Gasteiger partial charge in [0.1, 0.15) is 11.5 Å². The van der Waals surface area contributed by atoms with Gasteiger partial charge >= 0.3 is 0 Å². The van der Waals surface area contributed by atoms with Gasteiger partial charge < -0.3 is 19.7 Å². The Morgan fingerprint density at radius 2 is 1.61 bits per heavy atom. The summed E-state index contributed by atoms with van der Waals surface area (Å²) < 4.78 is 11.6. The molecule has 0 aromatic heterocycles. The molecule has 1 N–H and O–H groups in total.